The zero-order valence-corrected chi connectivity index (χ0v) is 15.0. The fourth-order valence-electron chi connectivity index (χ4n) is 3.00. The quantitative estimate of drug-likeness (QED) is 0.735. The second-order valence-corrected chi connectivity index (χ2v) is 6.37. The number of nitrogens with one attached hydrogen (secondary N) is 1. The standard InChI is InChI=1S/C19H19N5O3/c1-11-7-12(2)9-13(8-11)17(25)24-18(20)22-19(23-24)21-14-3-4-15-16(10-14)27-6-5-26-15/h3-4,7-10H,5-6H2,1-2H3,(H3,20,21,22,23). The van der Waals surface area contributed by atoms with E-state index in [1.165, 1.54) is 0 Å². The first kappa shape index (κ1) is 16.9. The monoisotopic (exact) mass is 365 g/mol. The van der Waals surface area contributed by atoms with Crippen LogP contribution in [-0.2, 0) is 0 Å². The number of carbonyl (C=O) groups excluding carboxylic acids is 1. The van der Waals surface area contributed by atoms with Gasteiger partial charge in [0.15, 0.2) is 11.5 Å². The maximum atomic E-state index is 12.7. The lowest BCUT2D eigenvalue weighted by atomic mass is 10.1. The summed E-state index contributed by atoms with van der Waals surface area (Å²) in [5.41, 5.74) is 9.10. The predicted molar refractivity (Wildman–Crippen MR) is 101 cm³/mol. The van der Waals surface area contributed by atoms with E-state index in [9.17, 15) is 4.79 Å². The highest BCUT2D eigenvalue weighted by molar-refractivity contribution is 5.97. The van der Waals surface area contributed by atoms with Crippen LogP contribution >= 0.6 is 0 Å². The molecule has 0 saturated heterocycles. The fraction of sp³-hybridized carbons (Fsp3) is 0.211. The molecule has 0 atom stereocenters. The second kappa shape index (κ2) is 6.64. The van der Waals surface area contributed by atoms with Gasteiger partial charge in [0, 0.05) is 17.3 Å². The van der Waals surface area contributed by atoms with Crippen molar-refractivity contribution in [3.05, 3.63) is 53.1 Å². The molecule has 4 rings (SSSR count). The first-order valence-corrected chi connectivity index (χ1v) is 8.52. The summed E-state index contributed by atoms with van der Waals surface area (Å²) < 4.78 is 12.1. The van der Waals surface area contributed by atoms with E-state index >= 15 is 0 Å². The van der Waals surface area contributed by atoms with Crippen LogP contribution in [0.5, 0.6) is 11.5 Å². The minimum Gasteiger partial charge on any atom is -0.486 e. The predicted octanol–water partition coefficient (Wildman–Crippen LogP) is 2.68. The van der Waals surface area contributed by atoms with Gasteiger partial charge < -0.3 is 20.5 Å². The first-order valence-electron chi connectivity index (χ1n) is 8.52. The number of hydrogen-bond donors (Lipinski definition) is 2. The van der Waals surface area contributed by atoms with Crippen LogP contribution < -0.4 is 20.5 Å². The Hall–Kier alpha value is -3.55. The fourth-order valence-corrected chi connectivity index (χ4v) is 3.00. The van der Waals surface area contributed by atoms with Crippen molar-refractivity contribution in [1.82, 2.24) is 14.8 Å². The second-order valence-electron chi connectivity index (χ2n) is 6.37. The van der Waals surface area contributed by atoms with Crippen LogP contribution in [0, 0.1) is 13.8 Å². The normalized spacial score (nSPS) is 12.7. The molecule has 3 N–H and O–H groups in total. The molecule has 1 aliphatic heterocycles. The van der Waals surface area contributed by atoms with E-state index in [0.29, 0.717) is 36.0 Å². The molecule has 1 aliphatic rings. The Labute approximate surface area is 155 Å². The van der Waals surface area contributed by atoms with Gasteiger partial charge in [-0.3, -0.25) is 4.79 Å². The lowest BCUT2D eigenvalue weighted by molar-refractivity contribution is 0.0948. The molecule has 0 aliphatic carbocycles. The van der Waals surface area contributed by atoms with E-state index < -0.39 is 0 Å². The van der Waals surface area contributed by atoms with Gasteiger partial charge in [-0.2, -0.15) is 9.67 Å². The number of carbonyl (C=O) groups is 1. The number of rotatable bonds is 3. The molecule has 0 spiro atoms. The number of ether oxygens (including phenoxy) is 2. The van der Waals surface area contributed by atoms with E-state index in [4.69, 9.17) is 15.2 Å². The summed E-state index contributed by atoms with van der Waals surface area (Å²) in [7, 11) is 0. The van der Waals surface area contributed by atoms with Crippen LogP contribution in [0.4, 0.5) is 17.6 Å². The number of nitrogens with zero attached hydrogens (tertiary/aromatic N) is 3. The zero-order valence-electron chi connectivity index (χ0n) is 15.0. The van der Waals surface area contributed by atoms with Gasteiger partial charge in [0.05, 0.1) is 0 Å². The molecule has 0 bridgehead atoms. The summed E-state index contributed by atoms with van der Waals surface area (Å²) in [6.45, 7) is 4.90. The lowest BCUT2D eigenvalue weighted by Gasteiger charge is -2.18. The van der Waals surface area contributed by atoms with Gasteiger partial charge in [-0.1, -0.05) is 17.2 Å². The number of benzene rings is 2. The van der Waals surface area contributed by atoms with Crippen molar-refractivity contribution in [2.75, 3.05) is 24.3 Å². The average molecular weight is 365 g/mol. The molecule has 0 saturated carbocycles. The third kappa shape index (κ3) is 3.41. The summed E-state index contributed by atoms with van der Waals surface area (Å²) >= 11 is 0. The highest BCUT2D eigenvalue weighted by Gasteiger charge is 2.18. The Morgan fingerprint density at radius 3 is 2.52 bits per heavy atom. The lowest BCUT2D eigenvalue weighted by Crippen LogP contribution is -2.16. The molecule has 0 fully saturated rings. The molecule has 27 heavy (non-hydrogen) atoms. The largest absolute Gasteiger partial charge is 0.486 e. The molecule has 1 aromatic heterocycles. The number of anilines is 3. The molecule has 0 amide bonds. The zero-order chi connectivity index (χ0) is 19.0. The summed E-state index contributed by atoms with van der Waals surface area (Å²) in [5.74, 6) is 1.24. The van der Waals surface area contributed by atoms with Gasteiger partial charge in [-0.25, -0.2) is 0 Å². The van der Waals surface area contributed by atoms with Crippen molar-refractivity contribution < 1.29 is 14.3 Å². The highest BCUT2D eigenvalue weighted by atomic mass is 16.6. The van der Waals surface area contributed by atoms with Crippen molar-refractivity contribution in [3.63, 3.8) is 0 Å². The van der Waals surface area contributed by atoms with Crippen molar-refractivity contribution in [3.8, 4) is 11.5 Å². The minimum atomic E-state index is -0.331. The third-order valence-electron chi connectivity index (χ3n) is 4.09. The molecule has 8 heteroatoms. The van der Waals surface area contributed by atoms with Crippen molar-refractivity contribution in [1.29, 1.82) is 0 Å². The van der Waals surface area contributed by atoms with E-state index in [-0.39, 0.29) is 17.8 Å². The Morgan fingerprint density at radius 2 is 1.78 bits per heavy atom. The van der Waals surface area contributed by atoms with E-state index in [2.05, 4.69) is 15.4 Å². The van der Waals surface area contributed by atoms with Crippen LogP contribution in [-0.4, -0.2) is 33.9 Å². The number of nitrogens with two attached hydrogens (primary N) is 1. The molecule has 138 valence electrons. The molecule has 3 aromatic rings. The van der Waals surface area contributed by atoms with Gasteiger partial charge in [0.25, 0.3) is 5.91 Å². The summed E-state index contributed by atoms with van der Waals surface area (Å²) in [6.07, 6.45) is 0. The number of aryl methyl sites for hydroxylation is 2. The molecule has 8 nitrogen and oxygen atoms in total. The maximum absolute atomic E-state index is 12.7. The van der Waals surface area contributed by atoms with Crippen LogP contribution in [0.25, 0.3) is 0 Å². The van der Waals surface area contributed by atoms with E-state index in [1.54, 1.807) is 24.3 Å². The minimum absolute atomic E-state index is 0.0132. The molecular weight excluding hydrogens is 346 g/mol. The van der Waals surface area contributed by atoms with Gasteiger partial charge in [0.1, 0.15) is 13.2 Å². The van der Waals surface area contributed by atoms with Gasteiger partial charge in [-0.15, -0.1) is 5.10 Å². The van der Waals surface area contributed by atoms with E-state index in [1.807, 2.05) is 26.0 Å². The summed E-state index contributed by atoms with van der Waals surface area (Å²) in [6, 6.07) is 11.0. The highest BCUT2D eigenvalue weighted by Crippen LogP contribution is 2.33. The third-order valence-corrected chi connectivity index (χ3v) is 4.09. The maximum Gasteiger partial charge on any atom is 0.281 e. The molecule has 0 radical (unpaired) electrons. The average Bonchev–Trinajstić information content (AvgIpc) is 3.00. The van der Waals surface area contributed by atoms with E-state index in [0.717, 1.165) is 15.8 Å². The SMILES string of the molecule is Cc1cc(C)cc(C(=O)n2nc(Nc3ccc4c(c3)OCCO4)nc2N)c1. The van der Waals surface area contributed by atoms with Crippen molar-refractivity contribution in [2.24, 2.45) is 0 Å². The molecule has 2 aromatic carbocycles. The van der Waals surface area contributed by atoms with Crippen LogP contribution in [0.1, 0.15) is 21.5 Å². The summed E-state index contributed by atoms with van der Waals surface area (Å²) in [5, 5.41) is 7.23. The molecular formula is C19H19N5O3. The first-order chi connectivity index (χ1) is 13.0. The topological polar surface area (TPSA) is 104 Å². The molecule has 2 heterocycles. The number of aromatic nitrogens is 3. The van der Waals surface area contributed by atoms with Crippen LogP contribution in [0.2, 0.25) is 0 Å². The van der Waals surface area contributed by atoms with Crippen molar-refractivity contribution >= 4 is 23.5 Å². The smallest absolute Gasteiger partial charge is 0.281 e. The number of nitrogen functional groups attached to an aromatic ring is 1. The Morgan fingerprint density at radius 1 is 1.07 bits per heavy atom. The Bertz CT molecular complexity index is 1010. The van der Waals surface area contributed by atoms with Crippen LogP contribution in [0.15, 0.2) is 36.4 Å². The van der Waals surface area contributed by atoms with Gasteiger partial charge in [-0.05, 0) is 38.1 Å². The van der Waals surface area contributed by atoms with Gasteiger partial charge in [0.2, 0.25) is 11.9 Å². The number of hydrogen-bond acceptors (Lipinski definition) is 7. The Balaban J connectivity index is 1.59. The van der Waals surface area contributed by atoms with Crippen LogP contribution in [0.3, 0.4) is 0 Å². The van der Waals surface area contributed by atoms with Crippen molar-refractivity contribution in [2.45, 2.75) is 13.8 Å². The Kier molecular flexibility index (Phi) is 4.15. The number of fused-ring (bicyclic) bond motifs is 1. The van der Waals surface area contributed by atoms with Gasteiger partial charge >= 0.3 is 0 Å². The molecule has 0 unspecified atom stereocenters. The summed E-state index contributed by atoms with van der Waals surface area (Å²) in [4.78, 5) is 16.9.